The third-order valence-corrected chi connectivity index (χ3v) is 6.88. The van der Waals surface area contributed by atoms with Gasteiger partial charge in [0.1, 0.15) is 0 Å². The monoisotopic (exact) mass is 488 g/mol. The lowest BCUT2D eigenvalue weighted by Crippen LogP contribution is -2.41. The molecule has 1 fully saturated rings. The van der Waals surface area contributed by atoms with E-state index in [-0.39, 0.29) is 11.9 Å². The Morgan fingerprint density at radius 1 is 1.20 bits per heavy atom. The van der Waals surface area contributed by atoms with Gasteiger partial charge in [0.2, 0.25) is 11.7 Å². The summed E-state index contributed by atoms with van der Waals surface area (Å²) in [6.07, 6.45) is 4.71. The Bertz CT molecular complexity index is 988. The molecule has 0 radical (unpaired) electrons. The molecule has 2 atom stereocenters. The highest BCUT2D eigenvalue weighted by molar-refractivity contribution is 9.10. The smallest absolute Gasteiger partial charge is 0.230 e. The van der Waals surface area contributed by atoms with Crippen molar-refractivity contribution in [2.75, 3.05) is 5.75 Å². The number of benzene rings is 1. The zero-order valence-corrected chi connectivity index (χ0v) is 19.3. The van der Waals surface area contributed by atoms with E-state index in [0.29, 0.717) is 39.6 Å². The summed E-state index contributed by atoms with van der Waals surface area (Å²) < 4.78 is 8.35. The average Bonchev–Trinajstić information content (AvgIpc) is 3.35. The lowest BCUT2D eigenvalue weighted by Gasteiger charge is -2.29. The lowest BCUT2D eigenvalue weighted by molar-refractivity contribution is -0.119. The number of thioether (sulfide) groups is 1. The molecular formula is C22H25BrN4O2S. The van der Waals surface area contributed by atoms with Crippen molar-refractivity contribution in [3.63, 3.8) is 0 Å². The molecule has 1 N–H and O–H groups in total. The third kappa shape index (κ3) is 5.16. The van der Waals surface area contributed by atoms with E-state index in [9.17, 15) is 4.79 Å². The minimum Gasteiger partial charge on any atom is -0.446 e. The first-order valence-corrected chi connectivity index (χ1v) is 12.0. The van der Waals surface area contributed by atoms with Crippen LogP contribution in [-0.4, -0.2) is 32.5 Å². The fourth-order valence-corrected chi connectivity index (χ4v) is 4.89. The second-order valence-electron chi connectivity index (χ2n) is 7.71. The molecule has 0 aliphatic heterocycles. The van der Waals surface area contributed by atoms with Crippen LogP contribution in [0.25, 0.3) is 11.6 Å². The molecule has 6 nitrogen and oxygen atoms in total. The summed E-state index contributed by atoms with van der Waals surface area (Å²) in [4.78, 5) is 12.6. The van der Waals surface area contributed by atoms with Crippen molar-refractivity contribution >= 4 is 33.6 Å². The summed E-state index contributed by atoms with van der Waals surface area (Å²) in [5.74, 6) is 2.19. The maximum Gasteiger partial charge on any atom is 0.230 e. The van der Waals surface area contributed by atoms with Crippen molar-refractivity contribution in [2.45, 2.75) is 50.4 Å². The van der Waals surface area contributed by atoms with Crippen LogP contribution < -0.4 is 5.32 Å². The molecule has 4 rings (SSSR count). The first-order chi connectivity index (χ1) is 14.6. The van der Waals surface area contributed by atoms with Gasteiger partial charge in [0.05, 0.1) is 12.3 Å². The Hall–Kier alpha value is -2.06. The van der Waals surface area contributed by atoms with E-state index in [1.807, 2.05) is 34.9 Å². The molecule has 1 aliphatic rings. The van der Waals surface area contributed by atoms with Crippen molar-refractivity contribution in [2.24, 2.45) is 5.92 Å². The molecule has 158 valence electrons. The van der Waals surface area contributed by atoms with Crippen molar-refractivity contribution in [3.8, 4) is 11.6 Å². The quantitative estimate of drug-likeness (QED) is 0.466. The molecule has 1 amide bonds. The maximum absolute atomic E-state index is 12.6. The number of hydrogen-bond donors (Lipinski definition) is 1. The SMILES string of the molecule is CC1CCCCC1NC(=O)CSc1nnc(-c2ccc(Br)o2)n1Cc1ccccc1. The molecule has 0 saturated heterocycles. The first kappa shape index (κ1) is 21.2. The Balaban J connectivity index is 1.49. The molecule has 1 aromatic carbocycles. The number of aromatic nitrogens is 3. The first-order valence-electron chi connectivity index (χ1n) is 10.2. The van der Waals surface area contributed by atoms with E-state index < -0.39 is 0 Å². The number of halogens is 1. The second kappa shape index (κ2) is 9.83. The number of furan rings is 1. The molecule has 0 bridgehead atoms. The van der Waals surface area contributed by atoms with E-state index in [4.69, 9.17) is 4.42 Å². The van der Waals surface area contributed by atoms with Crippen LogP contribution in [0, 0.1) is 5.92 Å². The molecule has 0 spiro atoms. The molecule has 1 saturated carbocycles. The largest absolute Gasteiger partial charge is 0.446 e. The van der Waals surface area contributed by atoms with Crippen molar-refractivity contribution in [1.29, 1.82) is 0 Å². The number of nitrogens with zero attached hydrogens (tertiary/aromatic N) is 3. The van der Waals surface area contributed by atoms with Gasteiger partial charge in [-0.05, 0) is 52.4 Å². The van der Waals surface area contributed by atoms with E-state index in [0.717, 1.165) is 12.0 Å². The highest BCUT2D eigenvalue weighted by Gasteiger charge is 2.23. The molecule has 30 heavy (non-hydrogen) atoms. The van der Waals surface area contributed by atoms with E-state index >= 15 is 0 Å². The van der Waals surface area contributed by atoms with Gasteiger partial charge in [-0.1, -0.05) is 61.9 Å². The number of carbonyl (C=O) groups is 1. The van der Waals surface area contributed by atoms with Crippen LogP contribution in [0.3, 0.4) is 0 Å². The van der Waals surface area contributed by atoms with Gasteiger partial charge in [-0.25, -0.2) is 0 Å². The summed E-state index contributed by atoms with van der Waals surface area (Å²) in [6.45, 7) is 2.83. The van der Waals surface area contributed by atoms with Gasteiger partial charge in [0, 0.05) is 6.04 Å². The minimum atomic E-state index is 0.0512. The number of carbonyl (C=O) groups excluding carboxylic acids is 1. The van der Waals surface area contributed by atoms with Crippen molar-refractivity contribution in [3.05, 3.63) is 52.7 Å². The van der Waals surface area contributed by atoms with Gasteiger partial charge in [0.25, 0.3) is 0 Å². The third-order valence-electron chi connectivity index (χ3n) is 5.48. The number of amides is 1. The topological polar surface area (TPSA) is 73.0 Å². The molecule has 1 aliphatic carbocycles. The normalized spacial score (nSPS) is 19.0. The van der Waals surface area contributed by atoms with Crippen LogP contribution in [-0.2, 0) is 11.3 Å². The fraction of sp³-hybridized carbons (Fsp3) is 0.409. The van der Waals surface area contributed by atoms with Crippen molar-refractivity contribution < 1.29 is 9.21 Å². The summed E-state index contributed by atoms with van der Waals surface area (Å²) in [5, 5.41) is 12.6. The van der Waals surface area contributed by atoms with Crippen LogP contribution >= 0.6 is 27.7 Å². The molecule has 3 aromatic rings. The molecule has 2 unspecified atom stereocenters. The lowest BCUT2D eigenvalue weighted by atomic mass is 9.86. The molecular weight excluding hydrogens is 464 g/mol. The summed E-state index contributed by atoms with van der Waals surface area (Å²) >= 11 is 4.76. The van der Waals surface area contributed by atoms with Crippen LogP contribution in [0.1, 0.15) is 38.2 Å². The van der Waals surface area contributed by atoms with Gasteiger partial charge in [-0.2, -0.15) is 0 Å². The second-order valence-corrected chi connectivity index (χ2v) is 9.43. The number of nitrogens with one attached hydrogen (secondary N) is 1. The van der Waals surface area contributed by atoms with Crippen LogP contribution in [0.2, 0.25) is 0 Å². The number of hydrogen-bond acceptors (Lipinski definition) is 5. The molecule has 2 aromatic heterocycles. The predicted octanol–water partition coefficient (Wildman–Crippen LogP) is 5.14. The van der Waals surface area contributed by atoms with E-state index in [1.54, 1.807) is 0 Å². The number of rotatable bonds is 7. The highest BCUT2D eigenvalue weighted by Crippen LogP contribution is 2.28. The minimum absolute atomic E-state index is 0.0512. The van der Waals surface area contributed by atoms with E-state index in [1.165, 1.54) is 31.0 Å². The Morgan fingerprint density at radius 3 is 2.73 bits per heavy atom. The predicted molar refractivity (Wildman–Crippen MR) is 121 cm³/mol. The van der Waals surface area contributed by atoms with Crippen LogP contribution in [0.5, 0.6) is 0 Å². The zero-order valence-electron chi connectivity index (χ0n) is 16.9. The summed E-state index contributed by atoms with van der Waals surface area (Å²) in [7, 11) is 0. The fourth-order valence-electron chi connectivity index (χ4n) is 3.83. The van der Waals surface area contributed by atoms with Crippen LogP contribution in [0.4, 0.5) is 0 Å². The Morgan fingerprint density at radius 2 is 2.00 bits per heavy atom. The highest BCUT2D eigenvalue weighted by atomic mass is 79.9. The van der Waals surface area contributed by atoms with Gasteiger partial charge >= 0.3 is 0 Å². The Kier molecular flexibility index (Phi) is 6.94. The van der Waals surface area contributed by atoms with Gasteiger partial charge in [-0.15, -0.1) is 10.2 Å². The van der Waals surface area contributed by atoms with Gasteiger partial charge < -0.3 is 9.73 Å². The van der Waals surface area contributed by atoms with Gasteiger partial charge in [-0.3, -0.25) is 9.36 Å². The van der Waals surface area contributed by atoms with E-state index in [2.05, 4.69) is 50.5 Å². The summed E-state index contributed by atoms with van der Waals surface area (Å²) in [6, 6.07) is 14.1. The maximum atomic E-state index is 12.6. The molecule has 2 heterocycles. The average molecular weight is 489 g/mol. The van der Waals surface area contributed by atoms with Gasteiger partial charge in [0.15, 0.2) is 15.6 Å². The zero-order chi connectivity index (χ0) is 20.9. The van der Waals surface area contributed by atoms with Crippen LogP contribution in [0.15, 0.2) is 56.7 Å². The molecule has 8 heteroatoms. The Labute approximate surface area is 189 Å². The summed E-state index contributed by atoms with van der Waals surface area (Å²) in [5.41, 5.74) is 1.13. The standard InChI is InChI=1S/C22H25BrN4O2S/c1-15-7-5-6-10-17(15)24-20(28)14-30-22-26-25-21(18-11-12-19(23)29-18)27(22)13-16-8-3-2-4-9-16/h2-4,8-9,11-12,15,17H,5-7,10,13-14H2,1H3,(H,24,28). The van der Waals surface area contributed by atoms with Crippen molar-refractivity contribution in [1.82, 2.24) is 20.1 Å².